The SMILES string of the molecule is Cl.OC(COc1c(F)cc(Br)cc1F)Cn1c(C2CC2)nc2ccccc21. The third-order valence-corrected chi connectivity index (χ3v) is 4.86. The Morgan fingerprint density at radius 2 is 1.89 bits per heavy atom. The molecule has 1 unspecified atom stereocenters. The second kappa shape index (κ2) is 8.12. The summed E-state index contributed by atoms with van der Waals surface area (Å²) in [7, 11) is 0. The molecule has 1 aromatic heterocycles. The van der Waals surface area contributed by atoms with Crippen LogP contribution in [-0.2, 0) is 6.54 Å². The van der Waals surface area contributed by atoms with Gasteiger partial charge in [-0.3, -0.25) is 0 Å². The lowest BCUT2D eigenvalue weighted by Gasteiger charge is -2.16. The van der Waals surface area contributed by atoms with Crippen LogP contribution in [0.3, 0.4) is 0 Å². The van der Waals surface area contributed by atoms with Crippen molar-refractivity contribution in [2.75, 3.05) is 6.61 Å². The minimum absolute atomic E-state index is 0. The number of hydrogen-bond donors (Lipinski definition) is 1. The van der Waals surface area contributed by atoms with Gasteiger partial charge in [0.25, 0.3) is 0 Å². The molecule has 1 heterocycles. The van der Waals surface area contributed by atoms with Crippen LogP contribution < -0.4 is 4.74 Å². The van der Waals surface area contributed by atoms with Crippen molar-refractivity contribution in [3.63, 3.8) is 0 Å². The summed E-state index contributed by atoms with van der Waals surface area (Å²) in [6, 6.07) is 9.99. The predicted octanol–water partition coefficient (Wildman–Crippen LogP) is 4.82. The normalized spacial score (nSPS) is 14.8. The second-order valence-corrected chi connectivity index (χ2v) is 7.42. The Labute approximate surface area is 169 Å². The van der Waals surface area contributed by atoms with Crippen LogP contribution in [0.25, 0.3) is 11.0 Å². The van der Waals surface area contributed by atoms with Gasteiger partial charge < -0.3 is 14.4 Å². The van der Waals surface area contributed by atoms with Crippen molar-refractivity contribution >= 4 is 39.4 Å². The molecule has 0 amide bonds. The first-order valence-electron chi connectivity index (χ1n) is 8.43. The quantitative estimate of drug-likeness (QED) is 0.575. The Bertz CT molecular complexity index is 939. The predicted molar refractivity (Wildman–Crippen MR) is 105 cm³/mol. The summed E-state index contributed by atoms with van der Waals surface area (Å²) in [6.07, 6.45) is 1.25. The lowest BCUT2D eigenvalue weighted by Crippen LogP contribution is -2.25. The Hall–Kier alpha value is -1.70. The van der Waals surface area contributed by atoms with Gasteiger partial charge >= 0.3 is 0 Å². The molecule has 1 aliphatic carbocycles. The Balaban J connectivity index is 0.00000210. The fraction of sp³-hybridized carbons (Fsp3) is 0.316. The topological polar surface area (TPSA) is 47.3 Å². The third kappa shape index (κ3) is 4.25. The number of fused-ring (bicyclic) bond motifs is 1. The van der Waals surface area contributed by atoms with Gasteiger partial charge in [-0.2, -0.15) is 0 Å². The maximum atomic E-state index is 13.8. The lowest BCUT2D eigenvalue weighted by atomic mass is 10.3. The second-order valence-electron chi connectivity index (χ2n) is 6.51. The summed E-state index contributed by atoms with van der Waals surface area (Å²) in [5, 5.41) is 10.4. The molecule has 0 aliphatic heterocycles. The maximum Gasteiger partial charge on any atom is 0.190 e. The van der Waals surface area contributed by atoms with Crippen LogP contribution in [0, 0.1) is 11.6 Å². The molecule has 3 aromatic rings. The van der Waals surface area contributed by atoms with Crippen LogP contribution >= 0.6 is 28.3 Å². The van der Waals surface area contributed by atoms with Crippen LogP contribution in [0.15, 0.2) is 40.9 Å². The molecule has 1 aliphatic rings. The standard InChI is InChI=1S/C19H17BrF2N2O2.ClH/c20-12-7-14(21)18(15(22)8-12)26-10-13(25)9-24-17-4-2-1-3-16(17)23-19(24)11-5-6-11;/h1-4,7-8,11,13,25H,5-6,9-10H2;1H. The zero-order chi connectivity index (χ0) is 18.3. The smallest absolute Gasteiger partial charge is 0.190 e. The highest BCUT2D eigenvalue weighted by Crippen LogP contribution is 2.40. The first kappa shape index (κ1) is 20.0. The highest BCUT2D eigenvalue weighted by Gasteiger charge is 2.30. The number of imidazole rings is 1. The molecule has 0 spiro atoms. The molecule has 0 bridgehead atoms. The van der Waals surface area contributed by atoms with Gasteiger partial charge in [-0.25, -0.2) is 13.8 Å². The summed E-state index contributed by atoms with van der Waals surface area (Å²) in [5.74, 6) is -0.736. The van der Waals surface area contributed by atoms with Gasteiger partial charge in [0.1, 0.15) is 18.5 Å². The first-order chi connectivity index (χ1) is 12.5. The molecule has 0 saturated heterocycles. The zero-order valence-corrected chi connectivity index (χ0v) is 16.6. The fourth-order valence-electron chi connectivity index (χ4n) is 3.05. The molecular weight excluding hydrogens is 442 g/mol. The first-order valence-corrected chi connectivity index (χ1v) is 9.23. The minimum atomic E-state index is -0.924. The third-order valence-electron chi connectivity index (χ3n) is 4.40. The maximum absolute atomic E-state index is 13.8. The summed E-state index contributed by atoms with van der Waals surface area (Å²) < 4.78 is 35.1. The van der Waals surface area contributed by atoms with Crippen molar-refractivity contribution in [3.05, 3.63) is 58.3 Å². The molecule has 2 aromatic carbocycles. The van der Waals surface area contributed by atoms with Crippen LogP contribution in [0.5, 0.6) is 5.75 Å². The molecular formula is C19H18BrClF2N2O2. The Morgan fingerprint density at radius 3 is 2.56 bits per heavy atom. The van der Waals surface area contributed by atoms with E-state index in [1.165, 1.54) is 0 Å². The van der Waals surface area contributed by atoms with Crippen molar-refractivity contribution in [1.82, 2.24) is 9.55 Å². The average molecular weight is 460 g/mol. The number of nitrogens with zero attached hydrogens (tertiary/aromatic N) is 2. The van der Waals surface area contributed by atoms with Crippen LogP contribution in [0.4, 0.5) is 8.78 Å². The summed E-state index contributed by atoms with van der Waals surface area (Å²) in [4.78, 5) is 4.67. The highest BCUT2D eigenvalue weighted by atomic mass is 79.9. The van der Waals surface area contributed by atoms with Gasteiger partial charge in [-0.15, -0.1) is 12.4 Å². The van der Waals surface area contributed by atoms with E-state index in [2.05, 4.69) is 20.9 Å². The van der Waals surface area contributed by atoms with E-state index in [0.29, 0.717) is 10.4 Å². The Morgan fingerprint density at radius 1 is 1.22 bits per heavy atom. The summed E-state index contributed by atoms with van der Waals surface area (Å²) >= 11 is 3.02. The number of aliphatic hydroxyl groups is 1. The summed E-state index contributed by atoms with van der Waals surface area (Å²) in [6.45, 7) is 0.0399. The number of halogens is 4. The number of hydrogen-bond acceptors (Lipinski definition) is 3. The summed E-state index contributed by atoms with van der Waals surface area (Å²) in [5.41, 5.74) is 1.82. The largest absolute Gasteiger partial charge is 0.485 e. The molecule has 4 rings (SSSR count). The van der Waals surface area contributed by atoms with Crippen molar-refractivity contribution in [3.8, 4) is 5.75 Å². The molecule has 1 fully saturated rings. The fourth-order valence-corrected chi connectivity index (χ4v) is 3.45. The van der Waals surface area contributed by atoms with E-state index in [1.807, 2.05) is 28.8 Å². The molecule has 8 heteroatoms. The minimum Gasteiger partial charge on any atom is -0.485 e. The van der Waals surface area contributed by atoms with Gasteiger partial charge in [-0.05, 0) is 37.1 Å². The molecule has 0 radical (unpaired) electrons. The number of ether oxygens (including phenoxy) is 1. The van der Waals surface area contributed by atoms with E-state index >= 15 is 0 Å². The number of benzene rings is 2. The van der Waals surface area contributed by atoms with Gasteiger partial charge in [0, 0.05) is 10.4 Å². The van der Waals surface area contributed by atoms with Crippen molar-refractivity contribution in [2.45, 2.75) is 31.4 Å². The zero-order valence-electron chi connectivity index (χ0n) is 14.2. The molecule has 27 heavy (non-hydrogen) atoms. The van der Waals surface area contributed by atoms with E-state index in [4.69, 9.17) is 4.74 Å². The van der Waals surface area contributed by atoms with E-state index in [9.17, 15) is 13.9 Å². The number of aromatic nitrogens is 2. The van der Waals surface area contributed by atoms with Crippen molar-refractivity contribution in [2.24, 2.45) is 0 Å². The van der Waals surface area contributed by atoms with Gasteiger partial charge in [-0.1, -0.05) is 28.1 Å². The monoisotopic (exact) mass is 458 g/mol. The van der Waals surface area contributed by atoms with Gasteiger partial charge in [0.15, 0.2) is 17.4 Å². The number of rotatable bonds is 6. The van der Waals surface area contributed by atoms with E-state index in [0.717, 1.165) is 41.8 Å². The van der Waals surface area contributed by atoms with E-state index < -0.39 is 23.5 Å². The average Bonchev–Trinajstić information content (AvgIpc) is 3.37. The molecule has 1 atom stereocenters. The Kier molecular flexibility index (Phi) is 6.03. The van der Waals surface area contributed by atoms with Crippen molar-refractivity contribution in [1.29, 1.82) is 0 Å². The van der Waals surface area contributed by atoms with Crippen molar-refractivity contribution < 1.29 is 18.6 Å². The molecule has 1 N–H and O–H groups in total. The van der Waals surface area contributed by atoms with E-state index in [-0.39, 0.29) is 25.6 Å². The molecule has 144 valence electrons. The highest BCUT2D eigenvalue weighted by molar-refractivity contribution is 9.10. The van der Waals surface area contributed by atoms with Gasteiger partial charge in [0.2, 0.25) is 0 Å². The van der Waals surface area contributed by atoms with Crippen LogP contribution in [0.1, 0.15) is 24.6 Å². The lowest BCUT2D eigenvalue weighted by molar-refractivity contribution is 0.0885. The van der Waals surface area contributed by atoms with E-state index in [1.54, 1.807) is 0 Å². The molecule has 1 saturated carbocycles. The van der Waals surface area contributed by atoms with Crippen LogP contribution in [0.2, 0.25) is 0 Å². The number of para-hydroxylation sites is 2. The number of aliphatic hydroxyl groups excluding tert-OH is 1. The molecule has 4 nitrogen and oxygen atoms in total. The van der Waals surface area contributed by atoms with Crippen LogP contribution in [-0.4, -0.2) is 27.4 Å². The van der Waals surface area contributed by atoms with Gasteiger partial charge in [0.05, 0.1) is 17.6 Å².